The number of ketones is 1. The van der Waals surface area contributed by atoms with Gasteiger partial charge in [-0.3, -0.25) is 4.79 Å². The molecule has 0 spiro atoms. The third-order valence-corrected chi connectivity index (χ3v) is 6.19. The SMILES string of the molecule is Cc1ccc(C(=O)c2c(C3=CNC(=S)NC3c3ccccc3)oc3cc(C#N)c(C#N)cc23)cc1. The van der Waals surface area contributed by atoms with Crippen LogP contribution >= 0.6 is 12.2 Å². The zero-order valence-corrected chi connectivity index (χ0v) is 19.4. The number of rotatable bonds is 4. The molecular formula is C28H18N4O2S. The molecule has 0 radical (unpaired) electrons. The Morgan fingerprint density at radius 1 is 1.00 bits per heavy atom. The van der Waals surface area contributed by atoms with Crippen molar-refractivity contribution in [1.82, 2.24) is 10.6 Å². The molecule has 5 rings (SSSR count). The Hall–Kier alpha value is -4.72. The number of benzene rings is 3. The summed E-state index contributed by atoms with van der Waals surface area (Å²) in [7, 11) is 0. The van der Waals surface area contributed by atoms with Gasteiger partial charge in [-0.05, 0) is 30.8 Å². The largest absolute Gasteiger partial charge is 0.455 e. The molecule has 0 amide bonds. The van der Waals surface area contributed by atoms with Gasteiger partial charge in [0.15, 0.2) is 10.9 Å². The summed E-state index contributed by atoms with van der Waals surface area (Å²) >= 11 is 5.35. The number of furan rings is 1. The molecule has 0 saturated carbocycles. The molecule has 6 nitrogen and oxygen atoms in total. The number of hydrogen-bond donors (Lipinski definition) is 2. The van der Waals surface area contributed by atoms with Crippen LogP contribution in [0, 0.1) is 29.6 Å². The zero-order valence-electron chi connectivity index (χ0n) is 18.6. The van der Waals surface area contributed by atoms with Gasteiger partial charge in [-0.1, -0.05) is 60.2 Å². The van der Waals surface area contributed by atoms with E-state index in [1.165, 1.54) is 6.07 Å². The summed E-state index contributed by atoms with van der Waals surface area (Å²) in [4.78, 5) is 13.9. The second kappa shape index (κ2) is 8.90. The number of hydrogen-bond acceptors (Lipinski definition) is 5. The first kappa shape index (κ1) is 22.1. The van der Waals surface area contributed by atoms with Crippen LogP contribution in [0.4, 0.5) is 0 Å². The maximum atomic E-state index is 13.9. The highest BCUT2D eigenvalue weighted by atomic mass is 32.1. The number of carbonyl (C=O) groups excluding carboxylic acids is 1. The van der Waals surface area contributed by atoms with Crippen molar-refractivity contribution >= 4 is 39.7 Å². The highest BCUT2D eigenvalue weighted by Crippen LogP contribution is 2.39. The van der Waals surface area contributed by atoms with Crippen molar-refractivity contribution in [3.8, 4) is 12.1 Å². The molecule has 168 valence electrons. The normalized spacial score (nSPS) is 14.9. The molecule has 1 aromatic heterocycles. The van der Waals surface area contributed by atoms with E-state index in [-0.39, 0.29) is 23.0 Å². The molecule has 35 heavy (non-hydrogen) atoms. The number of nitrogens with one attached hydrogen (secondary N) is 2. The average Bonchev–Trinajstić information content (AvgIpc) is 3.26. The van der Waals surface area contributed by atoms with Crippen LogP contribution in [0.3, 0.4) is 0 Å². The molecule has 2 heterocycles. The first-order valence-electron chi connectivity index (χ1n) is 10.8. The number of thiocarbonyl (C=S) groups is 1. The Labute approximate surface area is 207 Å². The number of aryl methyl sites for hydroxylation is 1. The summed E-state index contributed by atoms with van der Waals surface area (Å²) < 4.78 is 6.26. The van der Waals surface area contributed by atoms with Gasteiger partial charge < -0.3 is 15.1 Å². The Balaban J connectivity index is 1.78. The first-order valence-corrected chi connectivity index (χ1v) is 11.3. The van der Waals surface area contributed by atoms with Crippen molar-refractivity contribution in [1.29, 1.82) is 10.5 Å². The van der Waals surface area contributed by atoms with E-state index >= 15 is 0 Å². The Morgan fingerprint density at radius 2 is 1.69 bits per heavy atom. The fraction of sp³-hybridized carbons (Fsp3) is 0.0714. The lowest BCUT2D eigenvalue weighted by atomic mass is 9.90. The molecule has 1 atom stereocenters. The molecule has 4 aromatic rings. The van der Waals surface area contributed by atoms with E-state index in [0.717, 1.165) is 11.1 Å². The first-order chi connectivity index (χ1) is 17.0. The van der Waals surface area contributed by atoms with Gasteiger partial charge >= 0.3 is 0 Å². The summed E-state index contributed by atoms with van der Waals surface area (Å²) in [5.74, 6) is 0.106. The number of nitriles is 2. The average molecular weight is 475 g/mol. The molecule has 0 fully saturated rings. The fourth-order valence-corrected chi connectivity index (χ4v) is 4.36. The predicted octanol–water partition coefficient (Wildman–Crippen LogP) is 5.28. The smallest absolute Gasteiger partial charge is 0.197 e. The molecule has 0 bridgehead atoms. The van der Waals surface area contributed by atoms with E-state index in [4.69, 9.17) is 16.6 Å². The lowest BCUT2D eigenvalue weighted by Crippen LogP contribution is -2.40. The number of fused-ring (bicyclic) bond motifs is 1. The van der Waals surface area contributed by atoms with Gasteiger partial charge in [0.05, 0.1) is 22.7 Å². The minimum absolute atomic E-state index is 0.181. The molecule has 0 saturated heterocycles. The van der Waals surface area contributed by atoms with E-state index in [2.05, 4.69) is 10.6 Å². The van der Waals surface area contributed by atoms with Crippen LogP contribution in [-0.2, 0) is 0 Å². The third-order valence-electron chi connectivity index (χ3n) is 5.95. The lowest BCUT2D eigenvalue weighted by molar-refractivity contribution is 0.103. The Bertz CT molecular complexity index is 1600. The lowest BCUT2D eigenvalue weighted by Gasteiger charge is -2.27. The van der Waals surface area contributed by atoms with Crippen LogP contribution in [0.15, 0.2) is 77.3 Å². The minimum atomic E-state index is -0.374. The van der Waals surface area contributed by atoms with E-state index in [0.29, 0.717) is 38.5 Å². The van der Waals surface area contributed by atoms with Crippen LogP contribution in [0.5, 0.6) is 0 Å². The summed E-state index contributed by atoms with van der Waals surface area (Å²) in [6, 6.07) is 23.8. The van der Waals surface area contributed by atoms with Crippen LogP contribution < -0.4 is 10.6 Å². The molecule has 1 aliphatic heterocycles. The van der Waals surface area contributed by atoms with Crippen LogP contribution in [0.1, 0.15) is 50.0 Å². The van der Waals surface area contributed by atoms with Gasteiger partial charge in [-0.15, -0.1) is 0 Å². The summed E-state index contributed by atoms with van der Waals surface area (Å²) in [5.41, 5.74) is 4.18. The topological polar surface area (TPSA) is 102 Å². The van der Waals surface area contributed by atoms with Crippen molar-refractivity contribution in [2.24, 2.45) is 0 Å². The van der Waals surface area contributed by atoms with Gasteiger partial charge in [0.25, 0.3) is 0 Å². The molecule has 1 unspecified atom stereocenters. The molecule has 3 aromatic carbocycles. The molecule has 1 aliphatic rings. The van der Waals surface area contributed by atoms with Crippen LogP contribution in [-0.4, -0.2) is 10.9 Å². The van der Waals surface area contributed by atoms with Gasteiger partial charge in [0, 0.05) is 28.8 Å². The van der Waals surface area contributed by atoms with E-state index < -0.39 is 0 Å². The van der Waals surface area contributed by atoms with Crippen molar-refractivity contribution < 1.29 is 9.21 Å². The third kappa shape index (κ3) is 3.95. The monoisotopic (exact) mass is 474 g/mol. The summed E-state index contributed by atoms with van der Waals surface area (Å²) in [6.45, 7) is 1.95. The van der Waals surface area contributed by atoms with Gasteiger partial charge in [-0.25, -0.2) is 0 Å². The zero-order chi connectivity index (χ0) is 24.5. The van der Waals surface area contributed by atoms with E-state index in [1.807, 2.05) is 61.5 Å². The highest BCUT2D eigenvalue weighted by Gasteiger charge is 2.31. The van der Waals surface area contributed by atoms with Crippen molar-refractivity contribution in [2.45, 2.75) is 13.0 Å². The van der Waals surface area contributed by atoms with Gasteiger partial charge in [-0.2, -0.15) is 10.5 Å². The maximum absolute atomic E-state index is 13.9. The van der Waals surface area contributed by atoms with E-state index in [9.17, 15) is 15.3 Å². The highest BCUT2D eigenvalue weighted by molar-refractivity contribution is 7.80. The fourth-order valence-electron chi connectivity index (χ4n) is 4.19. The van der Waals surface area contributed by atoms with Gasteiger partial charge in [0.2, 0.25) is 0 Å². The number of nitrogens with zero attached hydrogens (tertiary/aromatic N) is 2. The minimum Gasteiger partial charge on any atom is -0.455 e. The van der Waals surface area contributed by atoms with Crippen LogP contribution in [0.25, 0.3) is 16.5 Å². The van der Waals surface area contributed by atoms with Crippen molar-refractivity contribution in [3.05, 3.63) is 112 Å². The number of carbonyl (C=O) groups is 1. The predicted molar refractivity (Wildman–Crippen MR) is 136 cm³/mol. The van der Waals surface area contributed by atoms with Crippen molar-refractivity contribution in [3.63, 3.8) is 0 Å². The molecular weight excluding hydrogens is 456 g/mol. The van der Waals surface area contributed by atoms with Crippen molar-refractivity contribution in [2.75, 3.05) is 0 Å². The molecule has 2 N–H and O–H groups in total. The molecule has 0 aliphatic carbocycles. The second-order valence-electron chi connectivity index (χ2n) is 8.18. The molecule has 7 heteroatoms. The quantitative estimate of drug-likeness (QED) is 0.307. The van der Waals surface area contributed by atoms with Crippen LogP contribution in [0.2, 0.25) is 0 Å². The standard InChI is InChI=1S/C28H18N4O2S/c1-16-7-9-18(10-8-16)26(33)24-21-11-19(13-29)20(14-30)12-23(21)34-27(24)22-15-31-28(35)32-25(22)17-5-3-2-4-6-17/h2-12,15,25H,1H3,(H2,31,32,35). The second-order valence-corrected chi connectivity index (χ2v) is 8.59. The van der Waals surface area contributed by atoms with E-state index in [1.54, 1.807) is 24.4 Å². The Morgan fingerprint density at radius 3 is 2.37 bits per heavy atom. The maximum Gasteiger partial charge on any atom is 0.197 e. The Kier molecular flexibility index (Phi) is 5.62. The summed E-state index contributed by atoms with van der Waals surface area (Å²) in [5, 5.41) is 26.3. The summed E-state index contributed by atoms with van der Waals surface area (Å²) in [6.07, 6.45) is 1.73. The van der Waals surface area contributed by atoms with Gasteiger partial charge in [0.1, 0.15) is 23.5 Å².